The molecule has 8 nitrogen and oxygen atoms in total. The number of carboxylic acid groups (broad SMARTS) is 1. The highest BCUT2D eigenvalue weighted by Crippen LogP contribution is 2.11. The van der Waals surface area contributed by atoms with Gasteiger partial charge < -0.3 is 20.6 Å². The summed E-state index contributed by atoms with van der Waals surface area (Å²) >= 11 is 0. The first-order chi connectivity index (χ1) is 13.0. The minimum Gasteiger partial charge on any atom is -0.481 e. The van der Waals surface area contributed by atoms with Crippen LogP contribution in [0.4, 0.5) is 5.69 Å². The molecule has 0 bridgehead atoms. The third-order valence-corrected chi connectivity index (χ3v) is 4.12. The van der Waals surface area contributed by atoms with Crippen molar-refractivity contribution in [2.75, 3.05) is 25.0 Å². The monoisotopic (exact) mass is 370 g/mol. The van der Waals surface area contributed by atoms with Gasteiger partial charge in [0, 0.05) is 37.9 Å². The Kier molecular flexibility index (Phi) is 7.37. The lowest BCUT2D eigenvalue weighted by atomic mass is 10.1. The SMILES string of the molecule is N#C/C(=C/Nc1ccc(CC(=O)O)cc1)C(=O)NCCCN1CCCC1=O. The molecule has 0 atom stereocenters. The number of anilines is 1. The van der Waals surface area contributed by atoms with Gasteiger partial charge in [-0.1, -0.05) is 12.1 Å². The molecule has 0 aliphatic carbocycles. The van der Waals surface area contributed by atoms with Gasteiger partial charge in [-0.15, -0.1) is 0 Å². The summed E-state index contributed by atoms with van der Waals surface area (Å²) in [6, 6.07) is 8.52. The maximum Gasteiger partial charge on any atom is 0.307 e. The Bertz CT molecular complexity index is 765. The fourth-order valence-corrected chi connectivity index (χ4v) is 2.71. The summed E-state index contributed by atoms with van der Waals surface area (Å²) in [4.78, 5) is 36.0. The molecule has 1 fully saturated rings. The number of likely N-dealkylation sites (tertiary alicyclic amines) is 1. The Morgan fingerprint density at radius 1 is 1.30 bits per heavy atom. The molecule has 27 heavy (non-hydrogen) atoms. The zero-order valence-electron chi connectivity index (χ0n) is 14.9. The van der Waals surface area contributed by atoms with Gasteiger partial charge in [-0.3, -0.25) is 14.4 Å². The lowest BCUT2D eigenvalue weighted by Crippen LogP contribution is -2.31. The Balaban J connectivity index is 1.78. The molecule has 0 unspecified atom stereocenters. The predicted molar refractivity (Wildman–Crippen MR) is 98.5 cm³/mol. The van der Waals surface area contributed by atoms with Gasteiger partial charge in [-0.2, -0.15) is 5.26 Å². The number of hydrogen-bond acceptors (Lipinski definition) is 5. The van der Waals surface area contributed by atoms with Crippen LogP contribution in [0.1, 0.15) is 24.8 Å². The first kappa shape index (κ1) is 20.0. The molecule has 0 radical (unpaired) electrons. The normalized spacial score (nSPS) is 14.0. The van der Waals surface area contributed by atoms with Gasteiger partial charge in [0.25, 0.3) is 5.91 Å². The Morgan fingerprint density at radius 3 is 2.63 bits per heavy atom. The number of hydrogen-bond donors (Lipinski definition) is 3. The molecule has 8 heteroatoms. The summed E-state index contributed by atoms with van der Waals surface area (Å²) < 4.78 is 0. The van der Waals surface area contributed by atoms with Crippen LogP contribution in [0.3, 0.4) is 0 Å². The Labute approximate surface area is 157 Å². The summed E-state index contributed by atoms with van der Waals surface area (Å²) in [7, 11) is 0. The number of amides is 2. The van der Waals surface area contributed by atoms with E-state index in [-0.39, 0.29) is 17.9 Å². The van der Waals surface area contributed by atoms with Gasteiger partial charge in [0.15, 0.2) is 0 Å². The second-order valence-electron chi connectivity index (χ2n) is 6.18. The smallest absolute Gasteiger partial charge is 0.307 e. The van der Waals surface area contributed by atoms with E-state index in [0.717, 1.165) is 13.0 Å². The first-order valence-corrected chi connectivity index (χ1v) is 8.73. The second-order valence-corrected chi connectivity index (χ2v) is 6.18. The molecule has 1 heterocycles. The molecule has 1 aromatic rings. The van der Waals surface area contributed by atoms with Gasteiger partial charge in [0.05, 0.1) is 6.42 Å². The zero-order valence-corrected chi connectivity index (χ0v) is 14.9. The molecular weight excluding hydrogens is 348 g/mol. The summed E-state index contributed by atoms with van der Waals surface area (Å²) in [6.07, 6.45) is 3.36. The van der Waals surface area contributed by atoms with E-state index >= 15 is 0 Å². The number of carbonyl (C=O) groups excluding carboxylic acids is 2. The van der Waals surface area contributed by atoms with E-state index in [1.54, 1.807) is 29.2 Å². The number of carbonyl (C=O) groups is 3. The van der Waals surface area contributed by atoms with E-state index in [9.17, 15) is 14.4 Å². The van der Waals surface area contributed by atoms with Crippen LogP contribution < -0.4 is 10.6 Å². The highest BCUT2D eigenvalue weighted by molar-refractivity contribution is 5.97. The van der Waals surface area contributed by atoms with E-state index in [4.69, 9.17) is 10.4 Å². The van der Waals surface area contributed by atoms with Crippen molar-refractivity contribution in [1.29, 1.82) is 5.26 Å². The number of rotatable bonds is 9. The molecule has 0 aromatic heterocycles. The first-order valence-electron chi connectivity index (χ1n) is 8.73. The average molecular weight is 370 g/mol. The van der Waals surface area contributed by atoms with E-state index < -0.39 is 11.9 Å². The van der Waals surface area contributed by atoms with Crippen molar-refractivity contribution in [3.8, 4) is 6.07 Å². The van der Waals surface area contributed by atoms with Crippen molar-refractivity contribution in [2.24, 2.45) is 0 Å². The Morgan fingerprint density at radius 2 is 2.04 bits per heavy atom. The predicted octanol–water partition coefficient (Wildman–Crippen LogP) is 1.26. The highest BCUT2D eigenvalue weighted by atomic mass is 16.4. The molecular formula is C19H22N4O4. The quantitative estimate of drug-likeness (QED) is 0.342. The molecule has 0 spiro atoms. The molecule has 0 saturated carbocycles. The molecule has 2 rings (SSSR count). The van der Waals surface area contributed by atoms with Crippen LogP contribution in [0.15, 0.2) is 36.0 Å². The fourth-order valence-electron chi connectivity index (χ4n) is 2.71. The third kappa shape index (κ3) is 6.47. The standard InChI is InChI=1S/C19H22N4O4/c20-12-15(13-22-16-6-4-14(5-7-16)11-18(25)26)19(27)21-8-2-10-23-9-1-3-17(23)24/h4-7,13,22H,1-3,8-11H2,(H,21,27)(H,25,26)/b15-13-. The summed E-state index contributed by atoms with van der Waals surface area (Å²) in [5.41, 5.74) is 1.23. The van der Waals surface area contributed by atoms with Crippen molar-refractivity contribution >= 4 is 23.5 Å². The summed E-state index contributed by atoms with van der Waals surface area (Å²) in [5.74, 6) is -1.24. The van der Waals surface area contributed by atoms with Gasteiger partial charge >= 0.3 is 5.97 Å². The number of nitriles is 1. The van der Waals surface area contributed by atoms with E-state index in [1.165, 1.54) is 6.20 Å². The highest BCUT2D eigenvalue weighted by Gasteiger charge is 2.19. The zero-order chi connectivity index (χ0) is 19.6. The minimum atomic E-state index is -0.909. The fraction of sp³-hybridized carbons (Fsp3) is 0.368. The summed E-state index contributed by atoms with van der Waals surface area (Å²) in [6.45, 7) is 1.75. The van der Waals surface area contributed by atoms with Crippen molar-refractivity contribution in [3.63, 3.8) is 0 Å². The minimum absolute atomic E-state index is 0.0645. The van der Waals surface area contributed by atoms with Gasteiger partial charge in [-0.05, 0) is 30.5 Å². The lowest BCUT2D eigenvalue weighted by Gasteiger charge is -2.15. The number of aliphatic carboxylic acids is 1. The van der Waals surface area contributed by atoms with Crippen molar-refractivity contribution < 1.29 is 19.5 Å². The van der Waals surface area contributed by atoms with Crippen LogP contribution >= 0.6 is 0 Å². The van der Waals surface area contributed by atoms with Crippen molar-refractivity contribution in [2.45, 2.75) is 25.7 Å². The number of nitrogens with one attached hydrogen (secondary N) is 2. The topological polar surface area (TPSA) is 123 Å². The van der Waals surface area contributed by atoms with Gasteiger partial charge in [0.2, 0.25) is 5.91 Å². The molecule has 1 saturated heterocycles. The Hall–Kier alpha value is -3.34. The lowest BCUT2D eigenvalue weighted by molar-refractivity contribution is -0.136. The van der Waals surface area contributed by atoms with Crippen LogP contribution in [0.2, 0.25) is 0 Å². The molecule has 2 amide bonds. The number of nitrogens with zero attached hydrogens (tertiary/aromatic N) is 2. The number of carboxylic acids is 1. The largest absolute Gasteiger partial charge is 0.481 e. The van der Waals surface area contributed by atoms with Crippen LogP contribution in [0.5, 0.6) is 0 Å². The molecule has 3 N–H and O–H groups in total. The number of benzene rings is 1. The van der Waals surface area contributed by atoms with Crippen molar-refractivity contribution in [1.82, 2.24) is 10.2 Å². The van der Waals surface area contributed by atoms with E-state index in [0.29, 0.717) is 37.2 Å². The molecule has 1 aliphatic rings. The van der Waals surface area contributed by atoms with Crippen LogP contribution in [-0.4, -0.2) is 47.4 Å². The second kappa shape index (κ2) is 9.97. The van der Waals surface area contributed by atoms with Crippen LogP contribution in [-0.2, 0) is 20.8 Å². The average Bonchev–Trinajstić information content (AvgIpc) is 3.05. The third-order valence-electron chi connectivity index (χ3n) is 4.12. The van der Waals surface area contributed by atoms with Gasteiger partial charge in [-0.25, -0.2) is 0 Å². The molecule has 1 aromatic carbocycles. The van der Waals surface area contributed by atoms with Crippen LogP contribution in [0.25, 0.3) is 0 Å². The van der Waals surface area contributed by atoms with E-state index in [2.05, 4.69) is 10.6 Å². The maximum atomic E-state index is 12.0. The van der Waals surface area contributed by atoms with Crippen molar-refractivity contribution in [3.05, 3.63) is 41.6 Å². The molecule has 1 aliphatic heterocycles. The van der Waals surface area contributed by atoms with Crippen LogP contribution in [0, 0.1) is 11.3 Å². The molecule has 142 valence electrons. The van der Waals surface area contributed by atoms with Gasteiger partial charge in [0.1, 0.15) is 11.6 Å². The summed E-state index contributed by atoms with van der Waals surface area (Å²) in [5, 5.41) is 23.4. The maximum absolute atomic E-state index is 12.0. The van der Waals surface area contributed by atoms with E-state index in [1.807, 2.05) is 6.07 Å².